The van der Waals surface area contributed by atoms with Gasteiger partial charge in [0.05, 0.1) is 18.3 Å². The zero-order valence-electron chi connectivity index (χ0n) is 15.3. The van der Waals surface area contributed by atoms with Gasteiger partial charge in [0.2, 0.25) is 6.41 Å². The summed E-state index contributed by atoms with van der Waals surface area (Å²) in [6.45, 7) is 2.25. The van der Waals surface area contributed by atoms with Crippen LogP contribution in [-0.2, 0) is 11.4 Å². The summed E-state index contributed by atoms with van der Waals surface area (Å²) < 4.78 is 30.7. The predicted octanol–water partition coefficient (Wildman–Crippen LogP) is 3.08. The first-order chi connectivity index (χ1) is 12.9. The Morgan fingerprint density at radius 1 is 1.41 bits per heavy atom. The van der Waals surface area contributed by atoms with E-state index >= 15 is 0 Å². The van der Waals surface area contributed by atoms with Crippen LogP contribution in [0.25, 0.3) is 0 Å². The fraction of sp³-hybridized carbons (Fsp3) is 0.389. The largest absolute Gasteiger partial charge is 0.435 e. The molecule has 2 rings (SSSR count). The number of rotatable bonds is 8. The third-order valence-electron chi connectivity index (χ3n) is 4.08. The lowest BCUT2D eigenvalue weighted by Gasteiger charge is -2.18. The molecule has 0 saturated carbocycles. The number of nitrogens with one attached hydrogen (secondary N) is 1. The molecule has 0 aliphatic rings. The summed E-state index contributed by atoms with van der Waals surface area (Å²) in [5.74, 6) is 0.959. The lowest BCUT2D eigenvalue weighted by molar-refractivity contribution is -0.108. The number of amides is 1. The molecular weight excluding hydrogens is 358 g/mol. The first-order valence-corrected chi connectivity index (χ1v) is 8.40. The Labute approximate surface area is 155 Å². The van der Waals surface area contributed by atoms with E-state index in [-0.39, 0.29) is 18.4 Å². The molecule has 9 heteroatoms. The van der Waals surface area contributed by atoms with E-state index in [1.54, 1.807) is 30.7 Å². The van der Waals surface area contributed by atoms with E-state index in [9.17, 15) is 18.7 Å². The number of aliphatic imine (C=N–C) groups is 1. The van der Waals surface area contributed by atoms with Crippen LogP contribution in [0.15, 0.2) is 29.3 Å². The number of halogens is 2. The Morgan fingerprint density at radius 3 is 2.59 bits per heavy atom. The molecule has 0 fully saturated rings. The van der Waals surface area contributed by atoms with Gasteiger partial charge in [-0.05, 0) is 38.0 Å². The molecule has 0 spiro atoms. The molecule has 7 nitrogen and oxygen atoms in total. The van der Waals surface area contributed by atoms with Gasteiger partial charge in [-0.3, -0.25) is 4.79 Å². The van der Waals surface area contributed by atoms with Gasteiger partial charge < -0.3 is 15.2 Å². The van der Waals surface area contributed by atoms with E-state index in [4.69, 9.17) is 0 Å². The molecule has 1 heterocycles. The Kier molecular flexibility index (Phi) is 7.00. The number of aliphatic hydroxyl groups is 1. The Morgan fingerprint density at radius 2 is 2.07 bits per heavy atom. The van der Waals surface area contributed by atoms with Crippen molar-refractivity contribution < 1.29 is 23.4 Å². The molecule has 0 bridgehead atoms. The number of ether oxygens (including phenoxy) is 1. The summed E-state index contributed by atoms with van der Waals surface area (Å²) in [6, 6.07) is 6.06. The first-order valence-electron chi connectivity index (χ1n) is 8.40. The SMILES string of the molecule is CCC(c1ccc(OC(F)F)cc1)n1nc(CO)c(C)c1/N=C(/C)NC=O. The molecule has 27 heavy (non-hydrogen) atoms. The van der Waals surface area contributed by atoms with E-state index in [0.29, 0.717) is 35.7 Å². The number of hydrogen-bond donors (Lipinski definition) is 2. The number of alkyl halides is 2. The molecule has 1 aromatic carbocycles. The van der Waals surface area contributed by atoms with Gasteiger partial charge in [-0.2, -0.15) is 13.9 Å². The Balaban J connectivity index is 2.46. The molecule has 0 radical (unpaired) electrons. The van der Waals surface area contributed by atoms with Crippen LogP contribution in [0.4, 0.5) is 14.6 Å². The van der Waals surface area contributed by atoms with E-state index in [0.717, 1.165) is 5.56 Å². The fourth-order valence-corrected chi connectivity index (χ4v) is 2.75. The van der Waals surface area contributed by atoms with E-state index < -0.39 is 6.61 Å². The van der Waals surface area contributed by atoms with Gasteiger partial charge in [0.1, 0.15) is 11.6 Å². The highest BCUT2D eigenvalue weighted by molar-refractivity contribution is 5.90. The molecule has 2 N–H and O–H groups in total. The van der Waals surface area contributed by atoms with Crippen molar-refractivity contribution in [3.05, 3.63) is 41.1 Å². The third-order valence-corrected chi connectivity index (χ3v) is 4.08. The lowest BCUT2D eigenvalue weighted by atomic mass is 10.0. The summed E-state index contributed by atoms with van der Waals surface area (Å²) in [5.41, 5.74) is 1.99. The monoisotopic (exact) mass is 380 g/mol. The summed E-state index contributed by atoms with van der Waals surface area (Å²) in [7, 11) is 0. The van der Waals surface area contributed by atoms with E-state index in [1.165, 1.54) is 12.1 Å². The average molecular weight is 380 g/mol. The van der Waals surface area contributed by atoms with Gasteiger partial charge >= 0.3 is 6.61 Å². The minimum Gasteiger partial charge on any atom is -0.435 e. The lowest BCUT2D eigenvalue weighted by Crippen LogP contribution is -2.18. The molecule has 0 saturated heterocycles. The van der Waals surface area contributed by atoms with Crippen LogP contribution in [0.5, 0.6) is 5.75 Å². The number of nitrogens with zero attached hydrogens (tertiary/aromatic N) is 3. The fourth-order valence-electron chi connectivity index (χ4n) is 2.75. The number of carbonyl (C=O) groups is 1. The molecular formula is C18H22F2N4O3. The maximum absolute atomic E-state index is 12.3. The number of aliphatic hydroxyl groups excluding tert-OH is 1. The number of carbonyl (C=O) groups excluding carboxylic acids is 1. The highest BCUT2D eigenvalue weighted by atomic mass is 19.3. The van der Waals surface area contributed by atoms with Gasteiger partial charge in [-0.15, -0.1) is 0 Å². The van der Waals surface area contributed by atoms with Crippen LogP contribution in [0.3, 0.4) is 0 Å². The standard InChI is InChI=1S/C18H22F2N4O3/c1-4-16(13-5-7-14(8-6-13)27-18(19)20)24-17(22-12(3)21-10-26)11(2)15(9-25)23-24/h5-8,10,16,18,25H,4,9H2,1-3H3,(H,21,22,26). The molecule has 1 unspecified atom stereocenters. The van der Waals surface area contributed by atoms with Crippen molar-refractivity contribution in [3.8, 4) is 5.75 Å². The van der Waals surface area contributed by atoms with Crippen molar-refractivity contribution in [2.24, 2.45) is 4.99 Å². The summed E-state index contributed by atoms with van der Waals surface area (Å²) in [5, 5.41) is 16.5. The highest BCUT2D eigenvalue weighted by Gasteiger charge is 2.21. The molecule has 1 amide bonds. The maximum atomic E-state index is 12.3. The zero-order valence-corrected chi connectivity index (χ0v) is 15.3. The van der Waals surface area contributed by atoms with E-state index in [2.05, 4.69) is 20.1 Å². The quantitative estimate of drug-likeness (QED) is 0.418. The highest BCUT2D eigenvalue weighted by Crippen LogP contribution is 2.32. The summed E-state index contributed by atoms with van der Waals surface area (Å²) in [6.07, 6.45) is 1.17. The maximum Gasteiger partial charge on any atom is 0.387 e. The normalized spacial score (nSPS) is 12.9. The Hall–Kier alpha value is -2.81. The second-order valence-electron chi connectivity index (χ2n) is 5.83. The number of amidine groups is 1. The van der Waals surface area contributed by atoms with Crippen molar-refractivity contribution in [2.75, 3.05) is 0 Å². The minimum atomic E-state index is -2.88. The van der Waals surface area contributed by atoms with Gasteiger partial charge in [0, 0.05) is 5.56 Å². The van der Waals surface area contributed by atoms with Crippen molar-refractivity contribution in [2.45, 2.75) is 46.5 Å². The molecule has 2 aromatic rings. The van der Waals surface area contributed by atoms with Crippen LogP contribution in [0, 0.1) is 6.92 Å². The average Bonchev–Trinajstić information content (AvgIpc) is 2.93. The van der Waals surface area contributed by atoms with Crippen molar-refractivity contribution >= 4 is 18.1 Å². The van der Waals surface area contributed by atoms with Crippen LogP contribution in [0.1, 0.15) is 43.1 Å². The summed E-state index contributed by atoms with van der Waals surface area (Å²) >= 11 is 0. The van der Waals surface area contributed by atoms with Gasteiger partial charge in [0.15, 0.2) is 5.82 Å². The van der Waals surface area contributed by atoms with Crippen LogP contribution >= 0.6 is 0 Å². The molecule has 1 aromatic heterocycles. The van der Waals surface area contributed by atoms with Gasteiger partial charge in [0.25, 0.3) is 0 Å². The second kappa shape index (κ2) is 9.22. The first kappa shape index (κ1) is 20.5. The second-order valence-corrected chi connectivity index (χ2v) is 5.83. The topological polar surface area (TPSA) is 88.7 Å². The smallest absolute Gasteiger partial charge is 0.387 e. The van der Waals surface area contributed by atoms with Gasteiger partial charge in [-0.1, -0.05) is 19.1 Å². The van der Waals surface area contributed by atoms with Crippen LogP contribution in [-0.4, -0.2) is 33.7 Å². The third kappa shape index (κ3) is 4.88. The Bertz CT molecular complexity index is 804. The minimum absolute atomic E-state index is 0.0700. The number of aromatic nitrogens is 2. The molecule has 0 aliphatic heterocycles. The number of benzene rings is 1. The van der Waals surface area contributed by atoms with Crippen molar-refractivity contribution in [1.82, 2.24) is 15.1 Å². The van der Waals surface area contributed by atoms with Gasteiger partial charge in [-0.25, -0.2) is 9.67 Å². The predicted molar refractivity (Wildman–Crippen MR) is 96.4 cm³/mol. The zero-order chi connectivity index (χ0) is 20.0. The van der Waals surface area contributed by atoms with Crippen LogP contribution < -0.4 is 10.1 Å². The molecule has 146 valence electrons. The molecule has 1 atom stereocenters. The molecule has 0 aliphatic carbocycles. The van der Waals surface area contributed by atoms with Crippen molar-refractivity contribution in [3.63, 3.8) is 0 Å². The summed E-state index contributed by atoms with van der Waals surface area (Å²) in [4.78, 5) is 15.0. The van der Waals surface area contributed by atoms with E-state index in [1.807, 2.05) is 6.92 Å². The number of hydrogen-bond acceptors (Lipinski definition) is 5. The van der Waals surface area contributed by atoms with Crippen molar-refractivity contribution in [1.29, 1.82) is 0 Å². The van der Waals surface area contributed by atoms with Crippen LogP contribution in [0.2, 0.25) is 0 Å².